The molecule has 0 saturated carbocycles. The molecule has 1 atom stereocenters. The van der Waals surface area contributed by atoms with Crippen LogP contribution in [0.5, 0.6) is 0 Å². The monoisotopic (exact) mass is 315 g/mol. The molecule has 0 aliphatic carbocycles. The molecular weight excluding hydrogens is 304 g/mol. The molecule has 2 amide bonds. The maximum atomic E-state index is 11.9. The van der Waals surface area contributed by atoms with Gasteiger partial charge in [-0.1, -0.05) is 12.1 Å². The minimum Gasteiger partial charge on any atom is -0.755 e. The lowest BCUT2D eigenvalue weighted by Crippen LogP contribution is -2.20. The van der Waals surface area contributed by atoms with E-state index in [2.05, 4.69) is 15.4 Å². The standard InChI is InChI=1S/C14H12N4O3S/c15-9-10-3-1-2-4-13(10)17-14(19)16-11-5-7-12(8-6-11)18-22(20)21/h1-8,18H,(H,20,21)(H2,16,17,19)/p-1. The van der Waals surface area contributed by atoms with Crippen molar-refractivity contribution in [3.05, 3.63) is 54.1 Å². The summed E-state index contributed by atoms with van der Waals surface area (Å²) in [5, 5.41) is 14.1. The summed E-state index contributed by atoms with van der Waals surface area (Å²) < 4.78 is 23.1. The minimum atomic E-state index is -2.39. The van der Waals surface area contributed by atoms with Crippen LogP contribution in [0.3, 0.4) is 0 Å². The van der Waals surface area contributed by atoms with E-state index in [1.165, 1.54) is 12.1 Å². The van der Waals surface area contributed by atoms with Gasteiger partial charge in [0.25, 0.3) is 0 Å². The SMILES string of the molecule is N#Cc1ccccc1NC(=O)Nc1ccc(NS(=O)[O-])cc1. The lowest BCUT2D eigenvalue weighted by atomic mass is 10.2. The number of carbonyl (C=O) groups is 1. The smallest absolute Gasteiger partial charge is 0.323 e. The first-order valence-corrected chi connectivity index (χ1v) is 7.19. The van der Waals surface area contributed by atoms with E-state index in [9.17, 15) is 13.6 Å². The van der Waals surface area contributed by atoms with Gasteiger partial charge >= 0.3 is 6.03 Å². The number of hydrogen-bond donors (Lipinski definition) is 3. The second kappa shape index (κ2) is 7.21. The zero-order chi connectivity index (χ0) is 15.9. The van der Waals surface area contributed by atoms with Gasteiger partial charge < -0.3 is 19.9 Å². The zero-order valence-electron chi connectivity index (χ0n) is 11.2. The van der Waals surface area contributed by atoms with Crippen molar-refractivity contribution in [2.45, 2.75) is 0 Å². The molecule has 2 aromatic rings. The van der Waals surface area contributed by atoms with Crippen molar-refractivity contribution in [2.24, 2.45) is 0 Å². The van der Waals surface area contributed by atoms with Crippen LogP contribution in [0.2, 0.25) is 0 Å². The van der Waals surface area contributed by atoms with Crippen LogP contribution < -0.4 is 15.4 Å². The van der Waals surface area contributed by atoms with E-state index >= 15 is 0 Å². The van der Waals surface area contributed by atoms with Gasteiger partial charge in [0.1, 0.15) is 6.07 Å². The van der Waals surface area contributed by atoms with E-state index in [4.69, 9.17) is 5.26 Å². The Morgan fingerprint density at radius 1 is 1.05 bits per heavy atom. The predicted molar refractivity (Wildman–Crippen MR) is 82.8 cm³/mol. The molecule has 0 radical (unpaired) electrons. The van der Waals surface area contributed by atoms with Gasteiger partial charge in [-0.3, -0.25) is 4.21 Å². The molecule has 112 valence electrons. The van der Waals surface area contributed by atoms with Crippen LogP contribution in [0.4, 0.5) is 21.9 Å². The van der Waals surface area contributed by atoms with Crippen LogP contribution in [0.1, 0.15) is 5.56 Å². The second-order valence-electron chi connectivity index (χ2n) is 4.15. The number of benzene rings is 2. The molecule has 7 nitrogen and oxygen atoms in total. The molecular formula is C14H11N4O3S-. The van der Waals surface area contributed by atoms with Gasteiger partial charge in [0.15, 0.2) is 0 Å². The largest absolute Gasteiger partial charge is 0.755 e. The third-order valence-corrected chi connectivity index (χ3v) is 3.04. The Morgan fingerprint density at radius 3 is 2.32 bits per heavy atom. The third kappa shape index (κ3) is 4.31. The van der Waals surface area contributed by atoms with Crippen LogP contribution in [0, 0.1) is 11.3 Å². The summed E-state index contributed by atoms with van der Waals surface area (Å²) in [7, 11) is 0. The molecule has 0 aliphatic heterocycles. The van der Waals surface area contributed by atoms with Crippen molar-refractivity contribution in [1.29, 1.82) is 5.26 Å². The van der Waals surface area contributed by atoms with Gasteiger partial charge in [-0.05, 0) is 36.4 Å². The first-order chi connectivity index (χ1) is 10.6. The molecule has 0 spiro atoms. The van der Waals surface area contributed by atoms with Crippen LogP contribution in [-0.2, 0) is 11.3 Å². The molecule has 0 heterocycles. The van der Waals surface area contributed by atoms with Gasteiger partial charge in [-0.2, -0.15) is 5.26 Å². The summed E-state index contributed by atoms with van der Waals surface area (Å²) in [6.45, 7) is 0. The number of nitrogens with one attached hydrogen (secondary N) is 3. The Balaban J connectivity index is 2.00. The number of urea groups is 1. The second-order valence-corrected chi connectivity index (χ2v) is 4.82. The van der Waals surface area contributed by atoms with Crippen LogP contribution in [-0.4, -0.2) is 14.8 Å². The van der Waals surface area contributed by atoms with Crippen molar-refractivity contribution in [3.8, 4) is 6.07 Å². The average Bonchev–Trinajstić information content (AvgIpc) is 2.49. The number of rotatable bonds is 4. The number of anilines is 3. The lowest BCUT2D eigenvalue weighted by Gasteiger charge is -2.11. The first kappa shape index (κ1) is 15.5. The molecule has 8 heteroatoms. The fourth-order valence-corrected chi connectivity index (χ4v) is 2.02. The molecule has 1 unspecified atom stereocenters. The van der Waals surface area contributed by atoms with Crippen LogP contribution in [0.15, 0.2) is 48.5 Å². The molecule has 3 N–H and O–H groups in total. The highest BCUT2D eigenvalue weighted by Crippen LogP contribution is 2.16. The summed E-state index contributed by atoms with van der Waals surface area (Å²) in [5.74, 6) is 0. The van der Waals surface area contributed by atoms with Crippen LogP contribution >= 0.6 is 0 Å². The van der Waals surface area contributed by atoms with Gasteiger partial charge in [0.2, 0.25) is 0 Å². The van der Waals surface area contributed by atoms with Crippen molar-refractivity contribution < 1.29 is 13.6 Å². The highest BCUT2D eigenvalue weighted by Gasteiger charge is 2.06. The Labute approximate surface area is 129 Å². The molecule has 22 heavy (non-hydrogen) atoms. The Morgan fingerprint density at radius 2 is 1.68 bits per heavy atom. The number of para-hydroxylation sites is 1. The van der Waals surface area contributed by atoms with E-state index in [-0.39, 0.29) is 0 Å². The number of amides is 2. The minimum absolute atomic E-state index is 0.357. The highest BCUT2D eigenvalue weighted by molar-refractivity contribution is 7.80. The Bertz CT molecular complexity index is 740. The fourth-order valence-electron chi connectivity index (χ4n) is 1.69. The third-order valence-electron chi connectivity index (χ3n) is 2.64. The molecule has 0 saturated heterocycles. The van der Waals surface area contributed by atoms with Gasteiger partial charge in [-0.25, -0.2) is 4.79 Å². The number of carbonyl (C=O) groups excluding carboxylic acids is 1. The van der Waals surface area contributed by atoms with E-state index in [1.807, 2.05) is 6.07 Å². The summed E-state index contributed by atoms with van der Waals surface area (Å²) in [5.41, 5.74) is 1.63. The first-order valence-electron chi connectivity index (χ1n) is 6.11. The zero-order valence-corrected chi connectivity index (χ0v) is 12.0. The van der Waals surface area contributed by atoms with Gasteiger partial charge in [-0.15, -0.1) is 0 Å². The quantitative estimate of drug-likeness (QED) is 0.751. The van der Waals surface area contributed by atoms with Crippen molar-refractivity contribution in [1.82, 2.24) is 0 Å². The molecule has 0 bridgehead atoms. The summed E-state index contributed by atoms with van der Waals surface area (Å²) in [6.07, 6.45) is 0. The van der Waals surface area contributed by atoms with Gasteiger partial charge in [0.05, 0.1) is 11.3 Å². The van der Waals surface area contributed by atoms with E-state index < -0.39 is 17.3 Å². The molecule has 0 fully saturated rings. The van der Waals surface area contributed by atoms with E-state index in [1.54, 1.807) is 36.4 Å². The van der Waals surface area contributed by atoms with E-state index in [0.717, 1.165) is 0 Å². The summed E-state index contributed by atoms with van der Waals surface area (Å²) in [6, 6.07) is 14.2. The number of hydrogen-bond acceptors (Lipinski definition) is 4. The number of nitriles is 1. The Kier molecular flexibility index (Phi) is 5.08. The predicted octanol–water partition coefficient (Wildman–Crippen LogP) is 2.41. The summed E-state index contributed by atoms with van der Waals surface area (Å²) >= 11 is -2.39. The summed E-state index contributed by atoms with van der Waals surface area (Å²) in [4.78, 5) is 11.9. The normalized spacial score (nSPS) is 11.1. The lowest BCUT2D eigenvalue weighted by molar-refractivity contribution is 0.262. The van der Waals surface area contributed by atoms with Crippen LogP contribution in [0.25, 0.3) is 0 Å². The fraction of sp³-hybridized carbons (Fsp3) is 0. The van der Waals surface area contributed by atoms with Crippen molar-refractivity contribution in [2.75, 3.05) is 15.4 Å². The molecule has 0 aliphatic rings. The maximum absolute atomic E-state index is 11.9. The highest BCUT2D eigenvalue weighted by atomic mass is 32.2. The Hall–Kier alpha value is -2.89. The maximum Gasteiger partial charge on any atom is 0.323 e. The van der Waals surface area contributed by atoms with Crippen molar-refractivity contribution in [3.63, 3.8) is 0 Å². The molecule has 2 rings (SSSR count). The topological polar surface area (TPSA) is 117 Å². The number of nitrogens with zero attached hydrogens (tertiary/aromatic N) is 1. The van der Waals surface area contributed by atoms with Gasteiger partial charge in [0, 0.05) is 22.6 Å². The molecule has 0 aromatic heterocycles. The van der Waals surface area contributed by atoms with E-state index in [0.29, 0.717) is 22.6 Å². The van der Waals surface area contributed by atoms with Crippen molar-refractivity contribution >= 4 is 34.4 Å². The molecule has 2 aromatic carbocycles. The average molecular weight is 315 g/mol.